The largest absolute Gasteiger partial charge is 0.330 e. The first-order valence-corrected chi connectivity index (χ1v) is 8.67. The van der Waals surface area contributed by atoms with E-state index in [0.717, 1.165) is 71.6 Å². The van der Waals surface area contributed by atoms with Gasteiger partial charge in [-0.1, -0.05) is 6.92 Å². The van der Waals surface area contributed by atoms with E-state index < -0.39 is 0 Å². The van der Waals surface area contributed by atoms with Crippen LogP contribution in [0.25, 0.3) is 0 Å². The van der Waals surface area contributed by atoms with Gasteiger partial charge >= 0.3 is 6.03 Å². The van der Waals surface area contributed by atoms with Crippen LogP contribution >= 0.6 is 0 Å². The Morgan fingerprint density at radius 2 is 1.86 bits per heavy atom. The lowest BCUT2D eigenvalue weighted by molar-refractivity contribution is 0.132. The fraction of sp³-hybridized carbons (Fsp3) is 0.938. The van der Waals surface area contributed by atoms with Crippen LogP contribution < -0.4 is 5.73 Å². The molecule has 2 aliphatic rings. The number of unbranched alkanes of at least 4 members (excludes halogenated alkanes) is 1. The normalized spacial score (nSPS) is 25.0. The predicted molar refractivity (Wildman–Crippen MR) is 86.3 cm³/mol. The van der Waals surface area contributed by atoms with Crippen molar-refractivity contribution in [2.24, 2.45) is 11.7 Å². The molecule has 0 aromatic heterocycles. The minimum atomic E-state index is 0.269. The van der Waals surface area contributed by atoms with Crippen molar-refractivity contribution in [3.63, 3.8) is 0 Å². The van der Waals surface area contributed by atoms with E-state index in [4.69, 9.17) is 5.73 Å². The summed E-state index contributed by atoms with van der Waals surface area (Å²) in [6, 6.07) is 0.269. The monoisotopic (exact) mass is 296 g/mol. The Balaban J connectivity index is 1.77. The van der Waals surface area contributed by atoms with E-state index in [-0.39, 0.29) is 6.03 Å². The number of hydrogen-bond acceptors (Lipinski definition) is 3. The van der Waals surface area contributed by atoms with E-state index in [9.17, 15) is 4.79 Å². The quantitative estimate of drug-likeness (QED) is 0.802. The van der Waals surface area contributed by atoms with Crippen LogP contribution in [-0.2, 0) is 0 Å². The molecule has 0 radical (unpaired) electrons. The molecule has 0 spiro atoms. The van der Waals surface area contributed by atoms with Crippen molar-refractivity contribution >= 4 is 6.03 Å². The maximum atomic E-state index is 12.6. The van der Waals surface area contributed by atoms with Gasteiger partial charge in [-0.15, -0.1) is 0 Å². The third-order valence-corrected chi connectivity index (χ3v) is 4.72. The molecular formula is C16H32N4O. The molecule has 1 unspecified atom stereocenters. The number of hydrogen-bond donors (Lipinski definition) is 1. The van der Waals surface area contributed by atoms with Crippen molar-refractivity contribution in [1.29, 1.82) is 0 Å². The molecule has 2 saturated heterocycles. The lowest BCUT2D eigenvalue weighted by Gasteiger charge is -2.35. The molecule has 2 amide bonds. The predicted octanol–water partition coefficient (Wildman–Crippen LogP) is 1.58. The number of carbonyl (C=O) groups is 1. The molecule has 2 N–H and O–H groups in total. The number of rotatable bonds is 4. The topological polar surface area (TPSA) is 52.8 Å². The van der Waals surface area contributed by atoms with E-state index >= 15 is 0 Å². The Kier molecular flexibility index (Phi) is 6.77. The second-order valence-corrected chi connectivity index (χ2v) is 6.65. The zero-order chi connectivity index (χ0) is 15.1. The zero-order valence-electron chi connectivity index (χ0n) is 13.6. The van der Waals surface area contributed by atoms with Gasteiger partial charge in [0, 0.05) is 32.7 Å². The molecule has 5 heteroatoms. The molecule has 1 atom stereocenters. The molecule has 5 nitrogen and oxygen atoms in total. The Morgan fingerprint density at radius 1 is 1.05 bits per heavy atom. The maximum absolute atomic E-state index is 12.6. The standard InChI is InChI=1S/C16H32N4O/c1-15-6-4-10-20(14-15)16(21)19-11-5-9-18(12-13-19)8-3-2-7-17/h15H,2-14,17H2,1H3. The highest BCUT2D eigenvalue weighted by atomic mass is 16.2. The molecule has 0 aliphatic carbocycles. The minimum Gasteiger partial charge on any atom is -0.330 e. The fourth-order valence-corrected chi connectivity index (χ4v) is 3.43. The van der Waals surface area contributed by atoms with Crippen LogP contribution in [0.3, 0.4) is 0 Å². The highest BCUT2D eigenvalue weighted by molar-refractivity contribution is 5.74. The van der Waals surface area contributed by atoms with Crippen molar-refractivity contribution in [2.75, 3.05) is 52.4 Å². The van der Waals surface area contributed by atoms with Gasteiger partial charge in [0.25, 0.3) is 0 Å². The first kappa shape index (κ1) is 16.6. The molecule has 0 aromatic carbocycles. The van der Waals surface area contributed by atoms with Gasteiger partial charge in [-0.25, -0.2) is 4.79 Å². The van der Waals surface area contributed by atoms with E-state index in [1.165, 1.54) is 12.8 Å². The van der Waals surface area contributed by atoms with Crippen molar-refractivity contribution in [2.45, 2.75) is 39.0 Å². The van der Waals surface area contributed by atoms with Gasteiger partial charge in [-0.3, -0.25) is 0 Å². The Hall–Kier alpha value is -0.810. The number of amides is 2. The minimum absolute atomic E-state index is 0.269. The summed E-state index contributed by atoms with van der Waals surface area (Å²) in [6.07, 6.45) is 5.79. The summed E-state index contributed by atoms with van der Waals surface area (Å²) in [4.78, 5) is 19.3. The number of likely N-dealkylation sites (tertiary alicyclic amines) is 1. The van der Waals surface area contributed by atoms with Gasteiger partial charge < -0.3 is 20.4 Å². The molecule has 0 aromatic rings. The van der Waals surface area contributed by atoms with Crippen molar-refractivity contribution in [3.05, 3.63) is 0 Å². The Bertz CT molecular complexity index is 323. The van der Waals surface area contributed by atoms with Crippen molar-refractivity contribution in [3.8, 4) is 0 Å². The van der Waals surface area contributed by atoms with E-state index in [0.29, 0.717) is 5.92 Å². The summed E-state index contributed by atoms with van der Waals surface area (Å²) in [5.74, 6) is 0.655. The van der Waals surface area contributed by atoms with Gasteiger partial charge in [0.05, 0.1) is 0 Å². The number of carbonyl (C=O) groups excluding carboxylic acids is 1. The van der Waals surface area contributed by atoms with Gasteiger partial charge in [-0.2, -0.15) is 0 Å². The van der Waals surface area contributed by atoms with Crippen molar-refractivity contribution < 1.29 is 4.79 Å². The number of nitrogens with two attached hydrogens (primary N) is 1. The van der Waals surface area contributed by atoms with Crippen LogP contribution in [-0.4, -0.2) is 73.1 Å². The number of urea groups is 1. The smallest absolute Gasteiger partial charge is 0.320 e. The van der Waals surface area contributed by atoms with Gasteiger partial charge in [0.1, 0.15) is 0 Å². The Labute approximate surface area is 129 Å². The van der Waals surface area contributed by atoms with E-state index in [2.05, 4.69) is 21.6 Å². The Morgan fingerprint density at radius 3 is 2.62 bits per heavy atom. The van der Waals surface area contributed by atoms with Crippen LogP contribution in [0, 0.1) is 5.92 Å². The second-order valence-electron chi connectivity index (χ2n) is 6.65. The van der Waals surface area contributed by atoms with Crippen LogP contribution in [0.2, 0.25) is 0 Å². The lowest BCUT2D eigenvalue weighted by Crippen LogP contribution is -2.48. The molecule has 2 aliphatic heterocycles. The summed E-state index contributed by atoms with van der Waals surface area (Å²) in [7, 11) is 0. The molecule has 122 valence electrons. The highest BCUT2D eigenvalue weighted by Gasteiger charge is 2.26. The van der Waals surface area contributed by atoms with Crippen LogP contribution in [0.1, 0.15) is 39.0 Å². The summed E-state index contributed by atoms with van der Waals surface area (Å²) in [5, 5.41) is 0. The van der Waals surface area contributed by atoms with Crippen LogP contribution in [0.5, 0.6) is 0 Å². The average molecular weight is 296 g/mol. The van der Waals surface area contributed by atoms with Gasteiger partial charge in [0.15, 0.2) is 0 Å². The summed E-state index contributed by atoms with van der Waals surface area (Å²) >= 11 is 0. The molecule has 2 heterocycles. The van der Waals surface area contributed by atoms with Crippen LogP contribution in [0.4, 0.5) is 4.79 Å². The van der Waals surface area contributed by atoms with E-state index in [1.807, 2.05) is 0 Å². The molecule has 2 rings (SSSR count). The van der Waals surface area contributed by atoms with E-state index in [1.54, 1.807) is 0 Å². The molecule has 2 fully saturated rings. The number of piperidine rings is 1. The maximum Gasteiger partial charge on any atom is 0.320 e. The molecule has 21 heavy (non-hydrogen) atoms. The van der Waals surface area contributed by atoms with Crippen molar-refractivity contribution in [1.82, 2.24) is 14.7 Å². The average Bonchev–Trinajstić information content (AvgIpc) is 2.72. The molecule has 0 bridgehead atoms. The van der Waals surface area contributed by atoms with Gasteiger partial charge in [0.2, 0.25) is 0 Å². The first-order chi connectivity index (χ1) is 10.2. The summed E-state index contributed by atoms with van der Waals surface area (Å²) in [6.45, 7) is 9.97. The highest BCUT2D eigenvalue weighted by Crippen LogP contribution is 2.17. The third kappa shape index (κ3) is 5.15. The molecule has 0 saturated carbocycles. The van der Waals surface area contributed by atoms with Gasteiger partial charge in [-0.05, 0) is 57.7 Å². The SMILES string of the molecule is CC1CCCN(C(=O)N2CCCN(CCCCN)CC2)C1. The lowest BCUT2D eigenvalue weighted by atomic mass is 10.0. The number of nitrogens with zero attached hydrogens (tertiary/aromatic N) is 3. The van der Waals surface area contributed by atoms with Crippen LogP contribution in [0.15, 0.2) is 0 Å². The molecular weight excluding hydrogens is 264 g/mol. The zero-order valence-corrected chi connectivity index (χ0v) is 13.6. The summed E-state index contributed by atoms with van der Waals surface area (Å²) < 4.78 is 0. The fourth-order valence-electron chi connectivity index (χ4n) is 3.43. The third-order valence-electron chi connectivity index (χ3n) is 4.72. The summed E-state index contributed by atoms with van der Waals surface area (Å²) in [5.41, 5.74) is 5.55. The first-order valence-electron chi connectivity index (χ1n) is 8.67. The second kappa shape index (κ2) is 8.59.